The molecule has 0 N–H and O–H groups in total. The topological polar surface area (TPSA) is 42.0 Å². The molecule has 5 nitrogen and oxygen atoms in total. The van der Waals surface area contributed by atoms with Crippen LogP contribution in [0.3, 0.4) is 0 Å². The molecule has 0 bridgehead atoms. The van der Waals surface area contributed by atoms with E-state index in [9.17, 15) is 4.79 Å². The number of hydrogen-bond acceptors (Lipinski definition) is 4. The standard InChI is InChI=1S/C21H25ClN2O3/c1-3-18(27-19-10-6-4-8-16(19)22)21(25)24-14-12-23(13-15-24)17-9-5-7-11-20(17)26-2/h4-11,18H,3,12-15H2,1-2H3/t18-/m1/s1. The first-order valence-corrected chi connectivity index (χ1v) is 9.59. The average molecular weight is 389 g/mol. The molecule has 0 spiro atoms. The van der Waals surface area contributed by atoms with Crippen LogP contribution in [-0.4, -0.2) is 50.2 Å². The van der Waals surface area contributed by atoms with Crippen LogP contribution in [0.5, 0.6) is 11.5 Å². The van der Waals surface area contributed by atoms with Gasteiger partial charge in [0.2, 0.25) is 0 Å². The summed E-state index contributed by atoms with van der Waals surface area (Å²) in [6.07, 6.45) is 0.0688. The van der Waals surface area contributed by atoms with Crippen molar-refractivity contribution in [1.29, 1.82) is 0 Å². The van der Waals surface area contributed by atoms with E-state index in [1.54, 1.807) is 19.2 Å². The number of hydrogen-bond donors (Lipinski definition) is 0. The predicted octanol–water partition coefficient (Wildman–Crippen LogP) is 3.85. The highest BCUT2D eigenvalue weighted by atomic mass is 35.5. The van der Waals surface area contributed by atoms with E-state index in [2.05, 4.69) is 4.90 Å². The number of rotatable bonds is 6. The molecular formula is C21H25ClN2O3. The molecule has 1 atom stereocenters. The van der Waals surface area contributed by atoms with Crippen LogP contribution in [0.1, 0.15) is 13.3 Å². The second kappa shape index (κ2) is 9.00. The van der Waals surface area contributed by atoms with E-state index < -0.39 is 6.10 Å². The van der Waals surface area contributed by atoms with Gasteiger partial charge in [-0.3, -0.25) is 4.79 Å². The number of piperazine rings is 1. The fraction of sp³-hybridized carbons (Fsp3) is 0.381. The molecule has 2 aromatic carbocycles. The van der Waals surface area contributed by atoms with Gasteiger partial charge in [-0.05, 0) is 30.7 Å². The first-order chi connectivity index (χ1) is 13.1. The molecule has 1 aliphatic heterocycles. The number of amides is 1. The second-order valence-corrected chi connectivity index (χ2v) is 6.84. The molecule has 0 radical (unpaired) electrons. The molecule has 0 unspecified atom stereocenters. The number of anilines is 1. The lowest BCUT2D eigenvalue weighted by atomic mass is 10.2. The van der Waals surface area contributed by atoms with Gasteiger partial charge in [0.1, 0.15) is 11.5 Å². The Labute approximate surface area is 165 Å². The number of halogens is 1. The Bertz CT molecular complexity index is 776. The van der Waals surface area contributed by atoms with Gasteiger partial charge in [-0.1, -0.05) is 42.8 Å². The van der Waals surface area contributed by atoms with Crippen LogP contribution < -0.4 is 14.4 Å². The Kier molecular flexibility index (Phi) is 6.45. The molecule has 0 aromatic heterocycles. The number of carbonyl (C=O) groups excluding carboxylic acids is 1. The molecule has 1 saturated heterocycles. The normalized spacial score (nSPS) is 15.4. The minimum atomic E-state index is -0.525. The molecule has 3 rings (SSSR count). The Morgan fingerprint density at radius 1 is 1.04 bits per heavy atom. The zero-order valence-corrected chi connectivity index (χ0v) is 16.5. The highest BCUT2D eigenvalue weighted by molar-refractivity contribution is 6.32. The summed E-state index contributed by atoms with van der Waals surface area (Å²) in [5.74, 6) is 1.41. The Morgan fingerprint density at radius 3 is 2.30 bits per heavy atom. The van der Waals surface area contributed by atoms with Crippen LogP contribution in [0.2, 0.25) is 5.02 Å². The van der Waals surface area contributed by atoms with E-state index in [4.69, 9.17) is 21.1 Å². The summed E-state index contributed by atoms with van der Waals surface area (Å²) in [5.41, 5.74) is 1.06. The first kappa shape index (κ1) is 19.4. The molecule has 0 aliphatic carbocycles. The maximum atomic E-state index is 12.9. The third-order valence-electron chi connectivity index (χ3n) is 4.77. The van der Waals surface area contributed by atoms with Crippen molar-refractivity contribution in [2.24, 2.45) is 0 Å². The van der Waals surface area contributed by atoms with E-state index in [-0.39, 0.29) is 5.91 Å². The maximum Gasteiger partial charge on any atom is 0.263 e. The van der Waals surface area contributed by atoms with Crippen LogP contribution >= 0.6 is 11.6 Å². The van der Waals surface area contributed by atoms with Crippen molar-refractivity contribution >= 4 is 23.2 Å². The van der Waals surface area contributed by atoms with Crippen molar-refractivity contribution in [1.82, 2.24) is 4.90 Å². The molecule has 6 heteroatoms. The van der Waals surface area contributed by atoms with E-state index in [1.165, 1.54) is 0 Å². The lowest BCUT2D eigenvalue weighted by molar-refractivity contribution is -0.139. The molecule has 2 aromatic rings. The summed E-state index contributed by atoms with van der Waals surface area (Å²) in [4.78, 5) is 17.0. The lowest BCUT2D eigenvalue weighted by Crippen LogP contribution is -2.52. The minimum absolute atomic E-state index is 0.0112. The molecule has 0 saturated carbocycles. The molecular weight excluding hydrogens is 364 g/mol. The summed E-state index contributed by atoms with van der Waals surface area (Å²) in [6.45, 7) is 4.77. The summed E-state index contributed by atoms with van der Waals surface area (Å²) in [6, 6.07) is 15.2. The Balaban J connectivity index is 1.62. The number of para-hydroxylation sites is 3. The molecule has 144 valence electrons. The van der Waals surface area contributed by atoms with Gasteiger partial charge in [-0.15, -0.1) is 0 Å². The van der Waals surface area contributed by atoms with E-state index in [0.29, 0.717) is 30.3 Å². The lowest BCUT2D eigenvalue weighted by Gasteiger charge is -2.37. The van der Waals surface area contributed by atoms with Gasteiger partial charge in [0.05, 0.1) is 17.8 Å². The van der Waals surface area contributed by atoms with Gasteiger partial charge in [0.25, 0.3) is 5.91 Å². The van der Waals surface area contributed by atoms with Crippen LogP contribution in [0.4, 0.5) is 5.69 Å². The van der Waals surface area contributed by atoms with Gasteiger partial charge >= 0.3 is 0 Å². The van der Waals surface area contributed by atoms with Gasteiger partial charge in [0, 0.05) is 26.2 Å². The third kappa shape index (κ3) is 4.48. The number of methoxy groups -OCH3 is 1. The van der Waals surface area contributed by atoms with E-state index >= 15 is 0 Å². The number of ether oxygens (including phenoxy) is 2. The smallest absolute Gasteiger partial charge is 0.263 e. The summed E-state index contributed by atoms with van der Waals surface area (Å²) >= 11 is 6.16. The van der Waals surface area contributed by atoms with Crippen LogP contribution in [0.15, 0.2) is 48.5 Å². The molecule has 1 amide bonds. The van der Waals surface area contributed by atoms with E-state index in [0.717, 1.165) is 24.5 Å². The molecule has 1 aliphatic rings. The fourth-order valence-corrected chi connectivity index (χ4v) is 3.44. The third-order valence-corrected chi connectivity index (χ3v) is 5.08. The van der Waals surface area contributed by atoms with Crippen LogP contribution in [-0.2, 0) is 4.79 Å². The second-order valence-electron chi connectivity index (χ2n) is 6.43. The van der Waals surface area contributed by atoms with Crippen molar-refractivity contribution < 1.29 is 14.3 Å². The van der Waals surface area contributed by atoms with Gasteiger partial charge < -0.3 is 19.3 Å². The number of benzene rings is 2. The predicted molar refractivity (Wildman–Crippen MR) is 108 cm³/mol. The van der Waals surface area contributed by atoms with E-state index in [1.807, 2.05) is 48.2 Å². The summed E-state index contributed by atoms with van der Waals surface area (Å²) in [7, 11) is 1.68. The quantitative estimate of drug-likeness (QED) is 0.753. The average Bonchev–Trinajstić information content (AvgIpc) is 2.73. The van der Waals surface area contributed by atoms with Crippen LogP contribution in [0.25, 0.3) is 0 Å². The van der Waals surface area contributed by atoms with Crippen molar-refractivity contribution in [3.63, 3.8) is 0 Å². The van der Waals surface area contributed by atoms with Gasteiger partial charge in [0.15, 0.2) is 6.10 Å². The highest BCUT2D eigenvalue weighted by Gasteiger charge is 2.29. The molecule has 27 heavy (non-hydrogen) atoms. The van der Waals surface area contributed by atoms with Crippen molar-refractivity contribution in [2.75, 3.05) is 38.2 Å². The fourth-order valence-electron chi connectivity index (χ4n) is 3.26. The summed E-state index contributed by atoms with van der Waals surface area (Å²) < 4.78 is 11.4. The summed E-state index contributed by atoms with van der Waals surface area (Å²) in [5, 5.41) is 0.518. The Morgan fingerprint density at radius 2 is 1.67 bits per heavy atom. The SMILES string of the molecule is CC[C@@H](Oc1ccccc1Cl)C(=O)N1CCN(c2ccccc2OC)CC1. The monoisotopic (exact) mass is 388 g/mol. The molecule has 1 heterocycles. The Hall–Kier alpha value is -2.40. The van der Waals surface area contributed by atoms with Crippen molar-refractivity contribution in [3.8, 4) is 11.5 Å². The zero-order chi connectivity index (χ0) is 19.2. The highest BCUT2D eigenvalue weighted by Crippen LogP contribution is 2.29. The first-order valence-electron chi connectivity index (χ1n) is 9.22. The maximum absolute atomic E-state index is 12.9. The number of nitrogens with zero attached hydrogens (tertiary/aromatic N) is 2. The minimum Gasteiger partial charge on any atom is -0.495 e. The van der Waals surface area contributed by atoms with Crippen LogP contribution in [0, 0.1) is 0 Å². The molecule has 1 fully saturated rings. The van der Waals surface area contributed by atoms with Gasteiger partial charge in [-0.2, -0.15) is 0 Å². The zero-order valence-electron chi connectivity index (χ0n) is 15.7. The van der Waals surface area contributed by atoms with Crippen molar-refractivity contribution in [3.05, 3.63) is 53.6 Å². The number of carbonyl (C=O) groups is 1. The van der Waals surface area contributed by atoms with Gasteiger partial charge in [-0.25, -0.2) is 0 Å². The largest absolute Gasteiger partial charge is 0.495 e. The van der Waals surface area contributed by atoms with Crippen molar-refractivity contribution in [2.45, 2.75) is 19.4 Å².